The third kappa shape index (κ3) is 1.39. The van der Waals surface area contributed by atoms with E-state index in [0.29, 0.717) is 0 Å². The Hall–Kier alpha value is -1.44. The van der Waals surface area contributed by atoms with Crippen LogP contribution in [0.25, 0.3) is 5.57 Å². The van der Waals surface area contributed by atoms with Gasteiger partial charge in [0.25, 0.3) is 0 Å². The van der Waals surface area contributed by atoms with Crippen molar-refractivity contribution < 1.29 is 0 Å². The zero-order chi connectivity index (χ0) is 9.26. The molecule has 0 fully saturated rings. The summed E-state index contributed by atoms with van der Waals surface area (Å²) in [4.78, 5) is 0. The topological polar surface area (TPSA) is 52.0 Å². The van der Waals surface area contributed by atoms with Crippen molar-refractivity contribution in [3.63, 3.8) is 0 Å². The molecule has 0 aromatic heterocycles. The Morgan fingerprint density at radius 1 is 1.08 bits per heavy atom. The molecule has 1 aliphatic carbocycles. The van der Waals surface area contributed by atoms with Gasteiger partial charge in [0.05, 0.1) is 0 Å². The van der Waals surface area contributed by atoms with Crippen LogP contribution in [0.3, 0.4) is 0 Å². The molecular weight excluding hydrogens is 160 g/mol. The second-order valence-corrected chi connectivity index (χ2v) is 3.43. The molecule has 0 spiro atoms. The van der Waals surface area contributed by atoms with Crippen LogP contribution in [0.4, 0.5) is 11.4 Å². The minimum absolute atomic E-state index is 0.799. The normalized spacial score (nSPS) is 15.8. The average Bonchev–Trinajstić information content (AvgIpc) is 2.57. The third-order valence-electron chi connectivity index (χ3n) is 2.49. The van der Waals surface area contributed by atoms with Gasteiger partial charge in [-0.2, -0.15) is 0 Å². The minimum Gasteiger partial charge on any atom is -0.398 e. The molecule has 0 aliphatic heterocycles. The second-order valence-electron chi connectivity index (χ2n) is 3.43. The summed E-state index contributed by atoms with van der Waals surface area (Å²) in [6.45, 7) is 0. The van der Waals surface area contributed by atoms with Gasteiger partial charge in [-0.15, -0.1) is 0 Å². The van der Waals surface area contributed by atoms with Gasteiger partial charge in [-0.3, -0.25) is 0 Å². The molecule has 0 atom stereocenters. The lowest BCUT2D eigenvalue weighted by molar-refractivity contribution is 0.935. The first-order valence-electron chi connectivity index (χ1n) is 4.62. The van der Waals surface area contributed by atoms with Crippen molar-refractivity contribution in [2.45, 2.75) is 19.3 Å². The van der Waals surface area contributed by atoms with Gasteiger partial charge in [-0.1, -0.05) is 12.1 Å². The summed E-state index contributed by atoms with van der Waals surface area (Å²) in [6, 6.07) is 5.71. The fraction of sp³-hybridized carbons (Fsp3) is 0.273. The van der Waals surface area contributed by atoms with Crippen LogP contribution in [0, 0.1) is 0 Å². The Kier molecular flexibility index (Phi) is 1.97. The fourth-order valence-corrected chi connectivity index (χ4v) is 1.86. The number of rotatable bonds is 1. The molecule has 68 valence electrons. The van der Waals surface area contributed by atoms with Crippen LogP contribution < -0.4 is 11.5 Å². The van der Waals surface area contributed by atoms with E-state index in [1.54, 1.807) is 0 Å². The van der Waals surface area contributed by atoms with Gasteiger partial charge < -0.3 is 11.5 Å². The second kappa shape index (κ2) is 3.13. The summed E-state index contributed by atoms with van der Waals surface area (Å²) in [6.07, 6.45) is 5.73. The van der Waals surface area contributed by atoms with E-state index in [0.717, 1.165) is 29.8 Å². The van der Waals surface area contributed by atoms with Gasteiger partial charge in [-0.05, 0) is 37.0 Å². The molecule has 0 radical (unpaired) electrons. The highest BCUT2D eigenvalue weighted by Crippen LogP contribution is 2.34. The van der Waals surface area contributed by atoms with E-state index in [-0.39, 0.29) is 0 Å². The van der Waals surface area contributed by atoms with E-state index in [4.69, 9.17) is 11.5 Å². The van der Waals surface area contributed by atoms with Crippen molar-refractivity contribution in [3.05, 3.63) is 29.8 Å². The smallest absolute Gasteiger partial charge is 0.0411 e. The quantitative estimate of drug-likeness (QED) is 0.642. The van der Waals surface area contributed by atoms with Crippen LogP contribution in [0.2, 0.25) is 0 Å². The lowest BCUT2D eigenvalue weighted by Gasteiger charge is -2.09. The van der Waals surface area contributed by atoms with E-state index in [2.05, 4.69) is 6.08 Å². The van der Waals surface area contributed by atoms with Gasteiger partial charge in [0.15, 0.2) is 0 Å². The SMILES string of the molecule is Nc1cccc(N)c1C1=CCCC1. The van der Waals surface area contributed by atoms with Crippen molar-refractivity contribution >= 4 is 16.9 Å². The Bertz CT molecular complexity index is 333. The van der Waals surface area contributed by atoms with E-state index in [9.17, 15) is 0 Å². The molecule has 0 heterocycles. The summed E-state index contributed by atoms with van der Waals surface area (Å²) in [5, 5.41) is 0. The number of hydrogen-bond donors (Lipinski definition) is 2. The van der Waals surface area contributed by atoms with Crippen molar-refractivity contribution in [2.75, 3.05) is 11.5 Å². The first-order chi connectivity index (χ1) is 6.29. The lowest BCUT2D eigenvalue weighted by atomic mass is 10.0. The number of nitrogen functional groups attached to an aromatic ring is 2. The minimum atomic E-state index is 0.799. The Balaban J connectivity index is 2.49. The van der Waals surface area contributed by atoms with Crippen LogP contribution in [-0.2, 0) is 0 Å². The first kappa shape index (κ1) is 8.17. The van der Waals surface area contributed by atoms with E-state index >= 15 is 0 Å². The molecule has 13 heavy (non-hydrogen) atoms. The maximum atomic E-state index is 5.88. The third-order valence-corrected chi connectivity index (χ3v) is 2.49. The van der Waals surface area contributed by atoms with Gasteiger partial charge in [0.1, 0.15) is 0 Å². The van der Waals surface area contributed by atoms with E-state index in [1.807, 2.05) is 18.2 Å². The van der Waals surface area contributed by atoms with Crippen LogP contribution in [0.5, 0.6) is 0 Å². The molecular formula is C11H14N2. The van der Waals surface area contributed by atoms with Crippen LogP contribution in [0.15, 0.2) is 24.3 Å². The number of anilines is 2. The molecule has 2 heteroatoms. The monoisotopic (exact) mass is 174 g/mol. The average molecular weight is 174 g/mol. The Morgan fingerprint density at radius 3 is 2.31 bits per heavy atom. The van der Waals surface area contributed by atoms with Gasteiger partial charge in [-0.25, -0.2) is 0 Å². The maximum Gasteiger partial charge on any atom is 0.0411 e. The molecule has 1 aromatic rings. The number of allylic oxidation sites excluding steroid dienone is 2. The summed E-state index contributed by atoms with van der Waals surface area (Å²) >= 11 is 0. The molecule has 1 aromatic carbocycles. The zero-order valence-electron chi connectivity index (χ0n) is 7.59. The highest BCUT2D eigenvalue weighted by Gasteiger charge is 2.12. The standard InChI is InChI=1S/C11H14N2/c12-9-6-3-7-10(13)11(9)8-4-1-2-5-8/h3-4,6-7H,1-2,5,12-13H2. The lowest BCUT2D eigenvalue weighted by Crippen LogP contribution is -1.98. The van der Waals surface area contributed by atoms with Gasteiger partial charge >= 0.3 is 0 Å². The summed E-state index contributed by atoms with van der Waals surface area (Å²) in [5.74, 6) is 0. The molecule has 0 unspecified atom stereocenters. The zero-order valence-corrected chi connectivity index (χ0v) is 7.59. The largest absolute Gasteiger partial charge is 0.398 e. The summed E-state index contributed by atoms with van der Waals surface area (Å²) < 4.78 is 0. The number of hydrogen-bond acceptors (Lipinski definition) is 2. The van der Waals surface area contributed by atoms with E-state index in [1.165, 1.54) is 12.0 Å². The molecule has 2 rings (SSSR count). The number of nitrogens with two attached hydrogens (primary N) is 2. The predicted molar refractivity (Wildman–Crippen MR) is 57.1 cm³/mol. The molecule has 4 N–H and O–H groups in total. The molecule has 0 bridgehead atoms. The van der Waals surface area contributed by atoms with Gasteiger partial charge in [0.2, 0.25) is 0 Å². The maximum absolute atomic E-state index is 5.88. The summed E-state index contributed by atoms with van der Waals surface area (Å²) in [5.41, 5.74) is 15.7. The van der Waals surface area contributed by atoms with Gasteiger partial charge in [0, 0.05) is 16.9 Å². The molecule has 1 aliphatic rings. The summed E-state index contributed by atoms with van der Waals surface area (Å²) in [7, 11) is 0. The van der Waals surface area contributed by atoms with Crippen LogP contribution in [0.1, 0.15) is 24.8 Å². The first-order valence-corrected chi connectivity index (χ1v) is 4.62. The highest BCUT2D eigenvalue weighted by atomic mass is 14.6. The van der Waals surface area contributed by atoms with Crippen molar-refractivity contribution in [2.24, 2.45) is 0 Å². The fourth-order valence-electron chi connectivity index (χ4n) is 1.86. The Labute approximate surface area is 78.2 Å². The molecule has 0 amide bonds. The van der Waals surface area contributed by atoms with Crippen LogP contribution >= 0.6 is 0 Å². The molecule has 0 saturated carbocycles. The molecule has 2 nitrogen and oxygen atoms in total. The predicted octanol–water partition coefficient (Wildman–Crippen LogP) is 2.42. The Morgan fingerprint density at radius 2 is 1.77 bits per heavy atom. The van der Waals surface area contributed by atoms with E-state index < -0.39 is 0 Å². The van der Waals surface area contributed by atoms with Crippen molar-refractivity contribution in [3.8, 4) is 0 Å². The highest BCUT2D eigenvalue weighted by molar-refractivity contribution is 5.84. The van der Waals surface area contributed by atoms with Crippen LogP contribution in [-0.4, -0.2) is 0 Å². The van der Waals surface area contributed by atoms with Crippen molar-refractivity contribution in [1.29, 1.82) is 0 Å². The molecule has 0 saturated heterocycles. The van der Waals surface area contributed by atoms with Crippen molar-refractivity contribution in [1.82, 2.24) is 0 Å². The number of benzene rings is 1.